The molecule has 0 saturated carbocycles. The summed E-state index contributed by atoms with van der Waals surface area (Å²) in [6.45, 7) is 3.17. The lowest BCUT2D eigenvalue weighted by Crippen LogP contribution is -2.43. The minimum Gasteiger partial charge on any atom is -0.457 e. The number of amides is 2. The number of ether oxygens (including phenoxy) is 1. The van der Waals surface area contributed by atoms with Crippen LogP contribution in [-0.2, 0) is 16.2 Å². The van der Waals surface area contributed by atoms with Gasteiger partial charge in [-0.15, -0.1) is 0 Å². The predicted molar refractivity (Wildman–Crippen MR) is 161 cm³/mol. The summed E-state index contributed by atoms with van der Waals surface area (Å²) >= 11 is 0. The number of rotatable bonds is 7. The summed E-state index contributed by atoms with van der Waals surface area (Å²) < 4.78 is 8.11. The number of nitrogens with one attached hydrogen (secondary N) is 1. The predicted octanol–water partition coefficient (Wildman–Crippen LogP) is 6.46. The Balaban J connectivity index is 1.23. The van der Waals surface area contributed by atoms with Crippen molar-refractivity contribution in [3.05, 3.63) is 103 Å². The molecule has 0 spiro atoms. The first kappa shape index (κ1) is 26.1. The molecular formula is C33H30N4O4. The van der Waals surface area contributed by atoms with E-state index in [2.05, 4.69) is 34.1 Å². The number of aryl methyl sites for hydroxylation is 1. The Morgan fingerprint density at radius 3 is 2.34 bits per heavy atom. The van der Waals surface area contributed by atoms with E-state index in [4.69, 9.17) is 9.57 Å². The maximum Gasteiger partial charge on any atom is 0.254 e. The molecule has 1 aliphatic rings. The quantitative estimate of drug-likeness (QED) is 0.237. The molecule has 4 aromatic carbocycles. The second-order valence-corrected chi connectivity index (χ2v) is 9.92. The number of fused-ring (bicyclic) bond motifs is 3. The third kappa shape index (κ3) is 5.12. The standard InChI is InChI=1S/C33H30N4O4/c1-3-36-29-12-8-7-11-27(29)28-19-23(15-18-30(28)36)34-32(38)31-20-24(35-40-2)21-37(31)33(39)22-13-16-26(17-14-22)41-25-9-5-4-6-10-25/h4-19,31H,3,20-21H2,1-2H3,(H,34,38)/b35-24+/t31-/m0/s1. The fourth-order valence-corrected chi connectivity index (χ4v) is 5.50. The molecule has 8 heteroatoms. The summed E-state index contributed by atoms with van der Waals surface area (Å²) in [5.41, 5.74) is 4.02. The monoisotopic (exact) mass is 546 g/mol. The smallest absolute Gasteiger partial charge is 0.254 e. The molecule has 0 unspecified atom stereocenters. The van der Waals surface area contributed by atoms with E-state index < -0.39 is 6.04 Å². The van der Waals surface area contributed by atoms with Crippen molar-refractivity contribution in [3.8, 4) is 11.5 Å². The van der Waals surface area contributed by atoms with Crippen molar-refractivity contribution < 1.29 is 19.2 Å². The highest BCUT2D eigenvalue weighted by Gasteiger charge is 2.38. The molecule has 1 N–H and O–H groups in total. The van der Waals surface area contributed by atoms with Gasteiger partial charge in [-0.2, -0.15) is 0 Å². The molecule has 0 aliphatic carbocycles. The van der Waals surface area contributed by atoms with Gasteiger partial charge in [-0.25, -0.2) is 0 Å². The number of nitrogens with zero attached hydrogens (tertiary/aromatic N) is 3. The molecule has 41 heavy (non-hydrogen) atoms. The minimum absolute atomic E-state index is 0.204. The molecule has 206 valence electrons. The van der Waals surface area contributed by atoms with Crippen molar-refractivity contribution in [1.29, 1.82) is 0 Å². The molecule has 1 aliphatic heterocycles. The molecule has 1 atom stereocenters. The molecule has 1 aromatic heterocycles. The van der Waals surface area contributed by atoms with Crippen LogP contribution in [0.25, 0.3) is 21.8 Å². The second-order valence-electron chi connectivity index (χ2n) is 9.92. The first-order valence-corrected chi connectivity index (χ1v) is 13.6. The highest BCUT2D eigenvalue weighted by atomic mass is 16.6. The minimum atomic E-state index is -0.732. The molecule has 8 nitrogen and oxygen atoms in total. The van der Waals surface area contributed by atoms with Crippen molar-refractivity contribution in [1.82, 2.24) is 9.47 Å². The number of anilines is 1. The summed E-state index contributed by atoms with van der Waals surface area (Å²) in [5, 5.41) is 9.30. The summed E-state index contributed by atoms with van der Waals surface area (Å²) in [6, 6.07) is 29.8. The lowest BCUT2D eigenvalue weighted by Gasteiger charge is -2.23. The van der Waals surface area contributed by atoms with Crippen LogP contribution in [0.2, 0.25) is 0 Å². The van der Waals surface area contributed by atoms with Gasteiger partial charge in [0, 0.05) is 46.0 Å². The zero-order valence-electron chi connectivity index (χ0n) is 22.9. The van der Waals surface area contributed by atoms with Gasteiger partial charge >= 0.3 is 0 Å². The summed E-state index contributed by atoms with van der Waals surface area (Å²) in [4.78, 5) is 33.7. The summed E-state index contributed by atoms with van der Waals surface area (Å²) in [7, 11) is 1.46. The molecular weight excluding hydrogens is 516 g/mol. The van der Waals surface area contributed by atoms with Crippen LogP contribution in [0.5, 0.6) is 11.5 Å². The van der Waals surface area contributed by atoms with Gasteiger partial charge in [0.2, 0.25) is 5.91 Å². The van der Waals surface area contributed by atoms with Gasteiger partial charge in [0.1, 0.15) is 24.7 Å². The Morgan fingerprint density at radius 2 is 1.59 bits per heavy atom. The molecule has 1 saturated heterocycles. The van der Waals surface area contributed by atoms with Crippen LogP contribution in [0.3, 0.4) is 0 Å². The van der Waals surface area contributed by atoms with Gasteiger partial charge in [0.15, 0.2) is 0 Å². The molecule has 2 heterocycles. The Bertz CT molecular complexity index is 1760. The highest BCUT2D eigenvalue weighted by molar-refractivity contribution is 6.11. The molecule has 5 aromatic rings. The van der Waals surface area contributed by atoms with E-state index in [1.807, 2.05) is 60.7 Å². The summed E-state index contributed by atoms with van der Waals surface area (Å²) in [6.07, 6.45) is 0.290. The maximum absolute atomic E-state index is 13.6. The van der Waals surface area contributed by atoms with E-state index in [1.54, 1.807) is 29.2 Å². The van der Waals surface area contributed by atoms with Gasteiger partial charge in [0.05, 0.1) is 12.3 Å². The van der Waals surface area contributed by atoms with Gasteiger partial charge in [0.25, 0.3) is 5.91 Å². The summed E-state index contributed by atoms with van der Waals surface area (Å²) in [5.74, 6) is 0.784. The fraction of sp³-hybridized carbons (Fsp3) is 0.182. The number of benzene rings is 4. The Labute approximate surface area is 237 Å². The number of likely N-dealkylation sites (tertiary alicyclic amines) is 1. The number of carbonyl (C=O) groups is 2. The fourth-order valence-electron chi connectivity index (χ4n) is 5.50. The molecule has 0 radical (unpaired) electrons. The van der Waals surface area contributed by atoms with Gasteiger partial charge in [-0.1, -0.05) is 41.6 Å². The maximum atomic E-state index is 13.6. The van der Waals surface area contributed by atoms with E-state index in [0.29, 0.717) is 28.5 Å². The van der Waals surface area contributed by atoms with E-state index in [9.17, 15) is 9.59 Å². The normalized spacial score (nSPS) is 15.9. The van der Waals surface area contributed by atoms with Gasteiger partial charge < -0.3 is 24.4 Å². The van der Waals surface area contributed by atoms with Crippen LogP contribution < -0.4 is 10.1 Å². The average molecular weight is 547 g/mol. The van der Waals surface area contributed by atoms with Crippen molar-refractivity contribution >= 4 is 45.0 Å². The van der Waals surface area contributed by atoms with Crippen molar-refractivity contribution in [2.45, 2.75) is 25.9 Å². The SMILES string of the molecule is CCn1c2ccccc2c2cc(NC(=O)[C@@H]3C/C(=N\OC)CN3C(=O)c3ccc(Oc4ccccc4)cc3)ccc21. The molecule has 2 amide bonds. The topological polar surface area (TPSA) is 85.2 Å². The highest BCUT2D eigenvalue weighted by Crippen LogP contribution is 2.31. The third-order valence-corrected chi connectivity index (χ3v) is 7.38. The Hall–Kier alpha value is -5.11. The van der Waals surface area contributed by atoms with Crippen molar-refractivity contribution in [3.63, 3.8) is 0 Å². The Kier molecular flexibility index (Phi) is 7.12. The number of para-hydroxylation sites is 2. The molecule has 1 fully saturated rings. The van der Waals surface area contributed by atoms with E-state index in [0.717, 1.165) is 28.4 Å². The average Bonchev–Trinajstić information content (AvgIpc) is 3.57. The largest absolute Gasteiger partial charge is 0.457 e. The van der Waals surface area contributed by atoms with Crippen LogP contribution in [0.1, 0.15) is 23.7 Å². The number of oxime groups is 1. The number of hydrogen-bond donors (Lipinski definition) is 1. The first-order chi connectivity index (χ1) is 20.1. The van der Waals surface area contributed by atoms with Crippen LogP contribution in [0.4, 0.5) is 5.69 Å². The van der Waals surface area contributed by atoms with Gasteiger partial charge in [-0.3, -0.25) is 9.59 Å². The lowest BCUT2D eigenvalue weighted by atomic mass is 10.1. The number of carbonyl (C=O) groups excluding carboxylic acids is 2. The number of hydrogen-bond acceptors (Lipinski definition) is 5. The first-order valence-electron chi connectivity index (χ1n) is 13.6. The zero-order chi connectivity index (χ0) is 28.3. The van der Waals surface area contributed by atoms with E-state index >= 15 is 0 Å². The van der Waals surface area contributed by atoms with Crippen molar-refractivity contribution in [2.75, 3.05) is 19.0 Å². The lowest BCUT2D eigenvalue weighted by molar-refractivity contribution is -0.119. The van der Waals surface area contributed by atoms with Crippen LogP contribution >= 0.6 is 0 Å². The second kappa shape index (κ2) is 11.2. The zero-order valence-corrected chi connectivity index (χ0v) is 22.9. The van der Waals surface area contributed by atoms with Crippen LogP contribution in [0, 0.1) is 0 Å². The molecule has 0 bridgehead atoms. The van der Waals surface area contributed by atoms with Gasteiger partial charge in [-0.05, 0) is 67.6 Å². The Morgan fingerprint density at radius 1 is 0.878 bits per heavy atom. The van der Waals surface area contributed by atoms with E-state index in [-0.39, 0.29) is 24.8 Å². The van der Waals surface area contributed by atoms with Crippen LogP contribution in [-0.4, -0.2) is 46.7 Å². The molecule has 6 rings (SSSR count). The number of aromatic nitrogens is 1. The van der Waals surface area contributed by atoms with E-state index in [1.165, 1.54) is 7.11 Å². The van der Waals surface area contributed by atoms with Crippen LogP contribution in [0.15, 0.2) is 102 Å². The third-order valence-electron chi connectivity index (χ3n) is 7.38. The van der Waals surface area contributed by atoms with Crippen molar-refractivity contribution in [2.24, 2.45) is 5.16 Å².